The van der Waals surface area contributed by atoms with Crippen LogP contribution in [0.3, 0.4) is 0 Å². The normalized spacial score (nSPS) is 7.83. The van der Waals surface area contributed by atoms with Crippen LogP contribution in [0.2, 0.25) is 5.02 Å². The summed E-state index contributed by atoms with van der Waals surface area (Å²) in [4.78, 5) is 0. The topological polar surface area (TPSA) is 0 Å². The zero-order chi connectivity index (χ0) is 8.85. The Morgan fingerprint density at radius 3 is 2.17 bits per heavy atom. The van der Waals surface area contributed by atoms with Crippen molar-refractivity contribution in [3.05, 3.63) is 34.9 Å². The average molecular weight is 285 g/mol. The second-order valence-corrected chi connectivity index (χ2v) is 1.86. The first-order chi connectivity index (χ1) is 5.22. The van der Waals surface area contributed by atoms with Gasteiger partial charge in [-0.3, -0.25) is 4.39 Å². The molecule has 0 radical (unpaired) electrons. The molecule has 0 aliphatic heterocycles. The number of halogens is 5. The van der Waals surface area contributed by atoms with Crippen molar-refractivity contribution >= 4 is 33.7 Å². The van der Waals surface area contributed by atoms with Crippen LogP contribution in [0.4, 0.5) is 8.78 Å². The number of hydrogen-bond donors (Lipinski definition) is 0. The van der Waals surface area contributed by atoms with E-state index in [1.54, 1.807) is 0 Å². The van der Waals surface area contributed by atoms with E-state index in [1.807, 2.05) is 6.07 Å². The molecule has 0 aliphatic rings. The molecule has 64 valence electrons. The van der Waals surface area contributed by atoms with Crippen LogP contribution in [0.15, 0.2) is 12.1 Å². The van der Waals surface area contributed by atoms with Gasteiger partial charge in [0.25, 0.3) is 0 Å². The standard InChI is InChI=1S/C6H2ClF2.2ClH.Zn/c7-4-2-1-3-5(8)6(4)9;;;/h1-2H;2*1H;/q-1;;;+2/p-1. The summed E-state index contributed by atoms with van der Waals surface area (Å²) in [6.45, 7) is 0. The third-order valence-electron chi connectivity index (χ3n) is 0.842. The van der Waals surface area contributed by atoms with Gasteiger partial charge in [0.15, 0.2) is 0 Å². The van der Waals surface area contributed by atoms with Gasteiger partial charge in [-0.15, -0.1) is 36.1 Å². The molecule has 0 N–H and O–H groups in total. The Bertz CT molecular complexity index is 212. The van der Waals surface area contributed by atoms with Crippen LogP contribution in [-0.2, 0) is 17.3 Å². The van der Waals surface area contributed by atoms with E-state index in [0.29, 0.717) is 0 Å². The summed E-state index contributed by atoms with van der Waals surface area (Å²) in [5.74, 6) is -2.08. The SMILES string of the molecule is Cl.Fc1[c-]ccc(Cl)c1F.[Cl][Zn+]. The third-order valence-corrected chi connectivity index (χ3v) is 1.13. The monoisotopic (exact) mass is 282 g/mol. The van der Waals surface area contributed by atoms with Gasteiger partial charge in [-0.05, 0) is 5.02 Å². The molecule has 0 unspecified atom stereocenters. The summed E-state index contributed by atoms with van der Waals surface area (Å²) in [5.41, 5.74) is 0. The summed E-state index contributed by atoms with van der Waals surface area (Å²) in [5, 5.41) is -0.216. The molecule has 0 fully saturated rings. The molecule has 0 spiro atoms. The van der Waals surface area contributed by atoms with Crippen molar-refractivity contribution in [3.63, 3.8) is 0 Å². The zero-order valence-corrected chi connectivity index (χ0v) is 11.1. The van der Waals surface area contributed by atoms with E-state index in [9.17, 15) is 8.78 Å². The molecule has 0 aromatic heterocycles. The molecule has 1 aromatic rings. The van der Waals surface area contributed by atoms with Crippen molar-refractivity contribution in [1.29, 1.82) is 0 Å². The predicted octanol–water partition coefficient (Wildman–Crippen LogP) is 3.53. The molecule has 0 nitrogen and oxygen atoms in total. The van der Waals surface area contributed by atoms with Crippen molar-refractivity contribution in [1.82, 2.24) is 0 Å². The van der Waals surface area contributed by atoms with Crippen LogP contribution < -0.4 is 0 Å². The first-order valence-electron chi connectivity index (χ1n) is 2.49. The van der Waals surface area contributed by atoms with Gasteiger partial charge < -0.3 is 0 Å². The molecular formula is C6H3Cl3F2Zn. The van der Waals surface area contributed by atoms with Crippen molar-refractivity contribution in [2.24, 2.45) is 0 Å². The van der Waals surface area contributed by atoms with Gasteiger partial charge >= 0.3 is 27.0 Å². The van der Waals surface area contributed by atoms with Crippen LogP contribution in [0.25, 0.3) is 0 Å². The summed E-state index contributed by atoms with van der Waals surface area (Å²) < 4.78 is 24.3. The first kappa shape index (κ1) is 15.1. The fourth-order valence-electron chi connectivity index (χ4n) is 0.429. The molecule has 0 atom stereocenters. The van der Waals surface area contributed by atoms with Gasteiger partial charge in [0.1, 0.15) is 0 Å². The average Bonchev–Trinajstić information content (AvgIpc) is 2.04. The Hall–Kier alpha value is 0.573. The molecule has 1 rings (SSSR count). The van der Waals surface area contributed by atoms with Crippen molar-refractivity contribution in [2.75, 3.05) is 0 Å². The van der Waals surface area contributed by atoms with E-state index >= 15 is 0 Å². The molecule has 0 heterocycles. The van der Waals surface area contributed by atoms with Crippen LogP contribution in [0, 0.1) is 17.7 Å². The van der Waals surface area contributed by atoms with Crippen LogP contribution in [0.1, 0.15) is 0 Å². The summed E-state index contributed by atoms with van der Waals surface area (Å²) >= 11 is 6.03. The zero-order valence-electron chi connectivity index (χ0n) is 5.78. The molecule has 0 saturated carbocycles. The van der Waals surface area contributed by atoms with Gasteiger partial charge in [0, 0.05) is 5.82 Å². The Kier molecular flexibility index (Phi) is 10.3. The molecule has 0 saturated heterocycles. The maximum absolute atomic E-state index is 12.2. The van der Waals surface area contributed by atoms with Gasteiger partial charge in [-0.1, -0.05) is 0 Å². The predicted molar refractivity (Wildman–Crippen MR) is 43.3 cm³/mol. The fraction of sp³-hybridized carbons (Fsp3) is 0. The fourth-order valence-corrected chi connectivity index (χ4v) is 0.575. The summed E-state index contributed by atoms with van der Waals surface area (Å²) in [7, 11) is 4.76. The van der Waals surface area contributed by atoms with E-state index in [0.717, 1.165) is 17.3 Å². The second kappa shape index (κ2) is 8.18. The van der Waals surface area contributed by atoms with Crippen LogP contribution in [0.5, 0.6) is 0 Å². The Morgan fingerprint density at radius 1 is 1.33 bits per heavy atom. The van der Waals surface area contributed by atoms with Gasteiger partial charge in [0.05, 0.1) is 5.82 Å². The summed E-state index contributed by atoms with van der Waals surface area (Å²) in [6.07, 6.45) is 0. The van der Waals surface area contributed by atoms with Crippen molar-refractivity contribution in [3.8, 4) is 0 Å². The van der Waals surface area contributed by atoms with Crippen LogP contribution in [-0.4, -0.2) is 0 Å². The minimum atomic E-state index is -1.04. The molecular weight excluding hydrogens is 282 g/mol. The Labute approximate surface area is 94.4 Å². The van der Waals surface area contributed by atoms with Crippen molar-refractivity contribution < 1.29 is 26.1 Å². The maximum atomic E-state index is 12.2. The molecule has 0 bridgehead atoms. The van der Waals surface area contributed by atoms with E-state index in [4.69, 9.17) is 21.3 Å². The summed E-state index contributed by atoms with van der Waals surface area (Å²) in [6, 6.07) is 4.47. The number of benzene rings is 1. The van der Waals surface area contributed by atoms with E-state index < -0.39 is 11.6 Å². The van der Waals surface area contributed by atoms with Gasteiger partial charge in [0.2, 0.25) is 0 Å². The van der Waals surface area contributed by atoms with Gasteiger partial charge in [-0.2, -0.15) is 6.07 Å². The molecule has 0 amide bonds. The molecule has 0 aliphatic carbocycles. The van der Waals surface area contributed by atoms with E-state index in [1.165, 1.54) is 12.1 Å². The molecule has 12 heavy (non-hydrogen) atoms. The molecule has 1 aromatic carbocycles. The number of rotatable bonds is 0. The van der Waals surface area contributed by atoms with E-state index in [2.05, 4.69) is 0 Å². The van der Waals surface area contributed by atoms with Crippen molar-refractivity contribution in [2.45, 2.75) is 0 Å². The Balaban J connectivity index is 0. The molecule has 6 heteroatoms. The Morgan fingerprint density at radius 2 is 1.83 bits per heavy atom. The minimum absolute atomic E-state index is 0. The van der Waals surface area contributed by atoms with Crippen LogP contribution >= 0.6 is 33.7 Å². The quantitative estimate of drug-likeness (QED) is 0.388. The van der Waals surface area contributed by atoms with Gasteiger partial charge in [-0.25, -0.2) is 4.39 Å². The number of hydrogen-bond acceptors (Lipinski definition) is 0. The third kappa shape index (κ3) is 4.56. The second-order valence-electron chi connectivity index (χ2n) is 1.45. The van der Waals surface area contributed by atoms with E-state index in [-0.39, 0.29) is 17.4 Å². The first-order valence-corrected chi connectivity index (χ1v) is 6.77.